The third-order valence-electron chi connectivity index (χ3n) is 10.2. The van der Waals surface area contributed by atoms with Gasteiger partial charge in [-0.15, -0.1) is 22.7 Å². The van der Waals surface area contributed by atoms with Crippen LogP contribution in [0.2, 0.25) is 5.02 Å². The molecule has 6 heterocycles. The molecule has 0 saturated heterocycles. The Morgan fingerprint density at radius 3 is 1.56 bits per heavy atom. The second-order valence-corrected chi connectivity index (χ2v) is 18.0. The average molecular weight is 902 g/mol. The first-order valence-electron chi connectivity index (χ1n) is 20.3. The molecule has 8 rings (SSSR count). The van der Waals surface area contributed by atoms with Crippen molar-refractivity contribution < 1.29 is 17.6 Å². The highest BCUT2D eigenvalue weighted by Gasteiger charge is 2.36. The van der Waals surface area contributed by atoms with Gasteiger partial charge in [-0.25, -0.2) is 46.9 Å². The van der Waals surface area contributed by atoms with Crippen LogP contribution in [0.5, 0.6) is 0 Å². The van der Waals surface area contributed by atoms with Crippen LogP contribution in [0.15, 0.2) is 59.6 Å². The Morgan fingerprint density at radius 1 is 0.689 bits per heavy atom. The minimum atomic E-state index is -2.55. The lowest BCUT2D eigenvalue weighted by molar-refractivity contribution is -0.0366. The average Bonchev–Trinajstić information content (AvgIpc) is 4.03. The summed E-state index contributed by atoms with van der Waals surface area (Å²) in [7, 11) is 0. The van der Waals surface area contributed by atoms with E-state index in [-0.39, 0.29) is 49.9 Å². The zero-order valence-corrected chi connectivity index (χ0v) is 37.5. The van der Waals surface area contributed by atoms with E-state index in [1.165, 1.54) is 0 Å². The third kappa shape index (κ3) is 13.2. The predicted molar refractivity (Wildman–Crippen MR) is 237 cm³/mol. The molecule has 61 heavy (non-hydrogen) atoms. The zero-order valence-electron chi connectivity index (χ0n) is 35.1. The van der Waals surface area contributed by atoms with Gasteiger partial charge in [0, 0.05) is 101 Å². The molecule has 19 heteroatoms. The standard InChI is InChI=1S/C21H26F2N6S.C16H19ClF2N4.C5H8N2S/c1-13-10-14(2)29(28-13)19-12-17(25-15(3)20-24-8-9-30-20)11-18(27-19)26-16-4-6-21(22,23)7-5-16;1-10-7-11(2)23(22-10)15-9-12(17)8-14(21-15)20-13-3-5-16(18,19)6-4-13;1-4(6)5-7-2-3-8-5/h8-12,15-16H,4-7H2,1-3H3,(H2,25,26,27);7-9,13H,3-6H2,1-2H3,(H,20,21);2-4H,6H2,1H3. The minimum Gasteiger partial charge on any atom is -0.376 e. The first-order valence-corrected chi connectivity index (χ1v) is 22.4. The van der Waals surface area contributed by atoms with Crippen molar-refractivity contribution in [3.05, 3.63) is 97.4 Å². The van der Waals surface area contributed by atoms with Crippen LogP contribution in [0.1, 0.15) is 110 Å². The van der Waals surface area contributed by atoms with Gasteiger partial charge in [-0.05, 0) is 85.4 Å². The van der Waals surface area contributed by atoms with Crippen molar-refractivity contribution in [1.82, 2.24) is 39.5 Å². The van der Waals surface area contributed by atoms with Crippen LogP contribution >= 0.6 is 34.3 Å². The van der Waals surface area contributed by atoms with Crippen molar-refractivity contribution in [3.63, 3.8) is 0 Å². The number of pyridine rings is 2. The largest absolute Gasteiger partial charge is 0.376 e. The summed E-state index contributed by atoms with van der Waals surface area (Å²) in [6.45, 7) is 11.8. The monoisotopic (exact) mass is 900 g/mol. The molecule has 0 radical (unpaired) electrons. The SMILES string of the molecule is CC(N)c1nccs1.Cc1cc(C)n(-c2cc(Cl)cc(NC3CCC(F)(F)CC3)n2)n1.Cc1cc(C)n(-c2cc(NC(C)c3nccs3)cc(NC3CCC(F)(F)CC3)n2)n1. The topological polar surface area (TPSA) is 149 Å². The van der Waals surface area contributed by atoms with E-state index in [0.717, 1.165) is 38.5 Å². The van der Waals surface area contributed by atoms with Crippen LogP contribution in [0, 0.1) is 27.7 Å². The Bertz CT molecular complexity index is 2290. The highest BCUT2D eigenvalue weighted by molar-refractivity contribution is 7.09. The van der Waals surface area contributed by atoms with Gasteiger partial charge in [0.25, 0.3) is 0 Å². The molecule has 2 aliphatic rings. The van der Waals surface area contributed by atoms with E-state index in [9.17, 15) is 17.6 Å². The van der Waals surface area contributed by atoms with E-state index in [2.05, 4.69) is 48.0 Å². The molecule has 0 spiro atoms. The molecule has 6 aromatic heterocycles. The molecule has 2 atom stereocenters. The third-order valence-corrected chi connectivity index (χ3v) is 12.4. The summed E-state index contributed by atoms with van der Waals surface area (Å²) in [5.41, 5.74) is 10.1. The maximum absolute atomic E-state index is 13.5. The maximum atomic E-state index is 13.5. The summed E-state index contributed by atoms with van der Waals surface area (Å²) in [4.78, 5) is 17.6. The highest BCUT2D eigenvalue weighted by atomic mass is 35.5. The molecule has 2 saturated carbocycles. The molecule has 328 valence electrons. The van der Waals surface area contributed by atoms with Gasteiger partial charge in [0.2, 0.25) is 11.8 Å². The number of aromatic nitrogens is 8. The smallest absolute Gasteiger partial charge is 0.248 e. The van der Waals surface area contributed by atoms with E-state index in [0.29, 0.717) is 54.0 Å². The normalized spacial score (nSPS) is 17.3. The van der Waals surface area contributed by atoms with E-state index in [4.69, 9.17) is 22.3 Å². The van der Waals surface area contributed by atoms with Gasteiger partial charge in [-0.1, -0.05) is 11.6 Å². The molecular weight excluding hydrogens is 848 g/mol. The molecule has 0 amide bonds. The van der Waals surface area contributed by atoms with E-state index in [1.54, 1.807) is 56.6 Å². The Kier molecular flexibility index (Phi) is 15.1. The summed E-state index contributed by atoms with van der Waals surface area (Å²) in [6, 6.07) is 11.4. The Morgan fingerprint density at radius 2 is 1.15 bits per heavy atom. The summed E-state index contributed by atoms with van der Waals surface area (Å²) < 4.78 is 57.0. The number of hydrogen-bond acceptors (Lipinski definition) is 12. The highest BCUT2D eigenvalue weighted by Crippen LogP contribution is 2.36. The van der Waals surface area contributed by atoms with Gasteiger partial charge in [0.05, 0.1) is 23.5 Å². The second kappa shape index (κ2) is 20.0. The van der Waals surface area contributed by atoms with Gasteiger partial charge >= 0.3 is 0 Å². The first kappa shape index (κ1) is 45.9. The first-order chi connectivity index (χ1) is 28.9. The van der Waals surface area contributed by atoms with Crippen molar-refractivity contribution in [2.24, 2.45) is 5.73 Å². The van der Waals surface area contributed by atoms with Crippen LogP contribution in [0.4, 0.5) is 34.9 Å². The number of rotatable bonds is 10. The molecule has 0 aromatic carbocycles. The maximum Gasteiger partial charge on any atom is 0.248 e. The van der Waals surface area contributed by atoms with Crippen LogP contribution in [0.3, 0.4) is 0 Å². The van der Waals surface area contributed by atoms with Crippen LogP contribution in [0.25, 0.3) is 11.6 Å². The van der Waals surface area contributed by atoms with Crippen molar-refractivity contribution in [1.29, 1.82) is 0 Å². The number of hydrogen-bond donors (Lipinski definition) is 4. The van der Waals surface area contributed by atoms with Gasteiger partial charge in [0.1, 0.15) is 21.7 Å². The molecule has 12 nitrogen and oxygen atoms in total. The predicted octanol–water partition coefficient (Wildman–Crippen LogP) is 11.2. The molecule has 0 bridgehead atoms. The van der Waals surface area contributed by atoms with E-state index < -0.39 is 11.8 Å². The zero-order chi connectivity index (χ0) is 43.9. The fraction of sp³-hybridized carbons (Fsp3) is 0.476. The van der Waals surface area contributed by atoms with Crippen LogP contribution in [-0.2, 0) is 0 Å². The van der Waals surface area contributed by atoms with Gasteiger partial charge in [-0.3, -0.25) is 0 Å². The molecular formula is C42H53ClF4N12S2. The van der Waals surface area contributed by atoms with Crippen molar-refractivity contribution in [2.45, 2.75) is 129 Å². The van der Waals surface area contributed by atoms with Gasteiger partial charge in [0.15, 0.2) is 11.6 Å². The van der Waals surface area contributed by atoms with Crippen molar-refractivity contribution in [2.75, 3.05) is 16.0 Å². The molecule has 0 aliphatic heterocycles. The second-order valence-electron chi connectivity index (χ2n) is 15.8. The Hall–Kier alpha value is -4.65. The molecule has 5 N–H and O–H groups in total. The lowest BCUT2D eigenvalue weighted by Crippen LogP contribution is -2.32. The number of aryl methyl sites for hydroxylation is 4. The number of nitrogens with two attached hydrogens (primary N) is 1. The van der Waals surface area contributed by atoms with Crippen molar-refractivity contribution in [3.8, 4) is 11.6 Å². The van der Waals surface area contributed by atoms with Gasteiger partial charge in [-0.2, -0.15) is 10.2 Å². The summed E-state index contributed by atoms with van der Waals surface area (Å²) in [5, 5.41) is 25.4. The Labute approximate surface area is 366 Å². The van der Waals surface area contributed by atoms with Crippen LogP contribution < -0.4 is 21.7 Å². The molecule has 2 unspecified atom stereocenters. The van der Waals surface area contributed by atoms with Crippen LogP contribution in [-0.4, -0.2) is 63.4 Å². The number of halogens is 5. The quantitative estimate of drug-likeness (QED) is 0.0979. The summed E-state index contributed by atoms with van der Waals surface area (Å²) in [6.07, 6.45) is 4.91. The Balaban J connectivity index is 0.000000177. The fourth-order valence-corrected chi connectivity index (χ4v) is 8.62. The number of alkyl halides is 4. The molecule has 2 aliphatic carbocycles. The minimum absolute atomic E-state index is 0.00565. The van der Waals surface area contributed by atoms with Crippen molar-refractivity contribution >= 4 is 51.6 Å². The number of anilines is 3. The summed E-state index contributed by atoms with van der Waals surface area (Å²) in [5.74, 6) is -2.53. The summed E-state index contributed by atoms with van der Waals surface area (Å²) >= 11 is 9.37. The number of nitrogens with zero attached hydrogens (tertiary/aromatic N) is 8. The lowest BCUT2D eigenvalue weighted by atomic mass is 9.92. The molecule has 6 aromatic rings. The van der Waals surface area contributed by atoms with Gasteiger partial charge < -0.3 is 21.7 Å². The number of nitrogens with one attached hydrogen (secondary N) is 3. The molecule has 2 fully saturated rings. The van der Waals surface area contributed by atoms with E-state index >= 15 is 0 Å². The fourth-order valence-electron chi connectivity index (χ4n) is 7.18. The lowest BCUT2D eigenvalue weighted by Gasteiger charge is -2.29. The number of thiazole rings is 2. The van der Waals surface area contributed by atoms with E-state index in [1.807, 2.05) is 69.6 Å².